The van der Waals surface area contributed by atoms with Crippen molar-refractivity contribution in [3.8, 4) is 11.8 Å². The summed E-state index contributed by atoms with van der Waals surface area (Å²) in [6.07, 6.45) is 1.45. The molecule has 0 aliphatic carbocycles. The highest BCUT2D eigenvalue weighted by Gasteiger charge is 2.12. The van der Waals surface area contributed by atoms with Gasteiger partial charge in [0.1, 0.15) is 24.0 Å². The van der Waals surface area contributed by atoms with Crippen LogP contribution in [0.2, 0.25) is 15.1 Å². The number of ether oxygens (including phenoxy) is 1. The second-order valence-electron chi connectivity index (χ2n) is 7.41. The summed E-state index contributed by atoms with van der Waals surface area (Å²) >= 11 is 18.3. The van der Waals surface area contributed by atoms with E-state index < -0.39 is 5.91 Å². The Labute approximate surface area is 211 Å². The van der Waals surface area contributed by atoms with E-state index in [9.17, 15) is 10.1 Å². The van der Waals surface area contributed by atoms with Gasteiger partial charge in [0.15, 0.2) is 0 Å². The molecule has 0 aliphatic heterocycles. The van der Waals surface area contributed by atoms with Crippen molar-refractivity contribution in [3.05, 3.63) is 111 Å². The molecule has 1 N–H and O–H groups in total. The number of halogens is 3. The number of benzene rings is 4. The van der Waals surface area contributed by atoms with Crippen molar-refractivity contribution in [2.45, 2.75) is 6.61 Å². The van der Waals surface area contributed by atoms with Gasteiger partial charge in [0.25, 0.3) is 5.91 Å². The average Bonchev–Trinajstić information content (AvgIpc) is 2.84. The highest BCUT2D eigenvalue weighted by molar-refractivity contribution is 6.42. The maximum atomic E-state index is 12.5. The molecule has 0 bridgehead atoms. The Kier molecular flexibility index (Phi) is 7.40. The SMILES string of the molecule is N#C/C(=C\c1ccc(OCc2ccc3ccccc3c2)c(Cl)c1)C(=O)Nc1ccc(Cl)c(Cl)c1. The van der Waals surface area contributed by atoms with E-state index in [4.69, 9.17) is 39.5 Å². The van der Waals surface area contributed by atoms with Crippen LogP contribution in [0, 0.1) is 11.3 Å². The van der Waals surface area contributed by atoms with Crippen LogP contribution >= 0.6 is 34.8 Å². The molecule has 0 aromatic heterocycles. The molecule has 0 aliphatic rings. The zero-order valence-electron chi connectivity index (χ0n) is 17.7. The number of nitrogens with one attached hydrogen (secondary N) is 1. The lowest BCUT2D eigenvalue weighted by atomic mass is 10.1. The molecule has 0 heterocycles. The van der Waals surface area contributed by atoms with Gasteiger partial charge < -0.3 is 10.1 Å². The molecule has 7 heteroatoms. The molecule has 4 aromatic rings. The highest BCUT2D eigenvalue weighted by atomic mass is 35.5. The van der Waals surface area contributed by atoms with Crippen LogP contribution in [0.5, 0.6) is 5.75 Å². The molecule has 0 radical (unpaired) electrons. The second-order valence-corrected chi connectivity index (χ2v) is 8.63. The molecular weight excluding hydrogens is 491 g/mol. The van der Waals surface area contributed by atoms with Crippen molar-refractivity contribution in [1.82, 2.24) is 0 Å². The molecule has 4 aromatic carbocycles. The van der Waals surface area contributed by atoms with Gasteiger partial charge in [0.05, 0.1) is 15.1 Å². The summed E-state index contributed by atoms with van der Waals surface area (Å²) in [6, 6.07) is 25.9. The number of rotatable bonds is 6. The number of hydrogen-bond donors (Lipinski definition) is 1. The smallest absolute Gasteiger partial charge is 0.266 e. The number of carbonyl (C=O) groups is 1. The van der Waals surface area contributed by atoms with E-state index in [1.165, 1.54) is 12.1 Å². The molecule has 0 unspecified atom stereocenters. The summed E-state index contributed by atoms with van der Waals surface area (Å²) in [7, 11) is 0. The van der Waals surface area contributed by atoms with Gasteiger partial charge in [-0.25, -0.2) is 0 Å². The Morgan fingerprint density at radius 2 is 1.68 bits per heavy atom. The number of carbonyl (C=O) groups excluding carboxylic acids is 1. The van der Waals surface area contributed by atoms with Crippen LogP contribution in [-0.4, -0.2) is 5.91 Å². The molecule has 4 rings (SSSR count). The third kappa shape index (κ3) is 5.70. The van der Waals surface area contributed by atoms with Crippen LogP contribution in [0.1, 0.15) is 11.1 Å². The van der Waals surface area contributed by atoms with Crippen LogP contribution in [0.3, 0.4) is 0 Å². The first-order valence-electron chi connectivity index (χ1n) is 10.2. The molecule has 0 saturated carbocycles. The number of nitriles is 1. The molecule has 168 valence electrons. The first-order chi connectivity index (χ1) is 16.4. The number of fused-ring (bicyclic) bond motifs is 1. The molecule has 34 heavy (non-hydrogen) atoms. The standard InChI is InChI=1S/C27H17Cl3N2O2/c28-23-9-8-22(14-24(23)29)32-27(33)21(15-31)11-17-6-10-26(25(30)13-17)34-16-18-5-7-19-3-1-2-4-20(19)12-18/h1-14H,16H2,(H,32,33)/b21-11+. The normalized spacial score (nSPS) is 11.2. The van der Waals surface area contributed by atoms with Gasteiger partial charge >= 0.3 is 0 Å². The summed E-state index contributed by atoms with van der Waals surface area (Å²) < 4.78 is 5.89. The monoisotopic (exact) mass is 506 g/mol. The predicted octanol–water partition coefficient (Wildman–Crippen LogP) is 7.92. The Bertz CT molecular complexity index is 1460. The fourth-order valence-corrected chi connectivity index (χ4v) is 3.84. The van der Waals surface area contributed by atoms with Crippen LogP contribution in [-0.2, 0) is 11.4 Å². The lowest BCUT2D eigenvalue weighted by Crippen LogP contribution is -2.13. The van der Waals surface area contributed by atoms with Crippen molar-refractivity contribution in [2.75, 3.05) is 5.32 Å². The number of hydrogen-bond acceptors (Lipinski definition) is 3. The van der Waals surface area contributed by atoms with Crippen LogP contribution in [0.15, 0.2) is 84.4 Å². The van der Waals surface area contributed by atoms with E-state index in [0.717, 1.165) is 16.3 Å². The van der Waals surface area contributed by atoms with Gasteiger partial charge in [-0.15, -0.1) is 0 Å². The maximum Gasteiger partial charge on any atom is 0.266 e. The lowest BCUT2D eigenvalue weighted by Gasteiger charge is -2.10. The van der Waals surface area contributed by atoms with Crippen molar-refractivity contribution < 1.29 is 9.53 Å². The van der Waals surface area contributed by atoms with Gasteiger partial charge in [-0.1, -0.05) is 77.3 Å². The average molecular weight is 508 g/mol. The van der Waals surface area contributed by atoms with Gasteiger partial charge in [-0.05, 0) is 64.4 Å². The van der Waals surface area contributed by atoms with Crippen LogP contribution in [0.4, 0.5) is 5.69 Å². The number of anilines is 1. The number of nitrogens with zero attached hydrogens (tertiary/aromatic N) is 1. The molecule has 4 nitrogen and oxygen atoms in total. The van der Waals surface area contributed by atoms with E-state index in [2.05, 4.69) is 29.6 Å². The van der Waals surface area contributed by atoms with E-state index in [1.807, 2.05) is 24.3 Å². The fraction of sp³-hybridized carbons (Fsp3) is 0.0370. The third-order valence-electron chi connectivity index (χ3n) is 5.02. The van der Waals surface area contributed by atoms with Gasteiger partial charge in [-0.3, -0.25) is 4.79 Å². The van der Waals surface area contributed by atoms with E-state index >= 15 is 0 Å². The van der Waals surface area contributed by atoms with E-state index in [-0.39, 0.29) is 5.57 Å². The van der Waals surface area contributed by atoms with Crippen molar-refractivity contribution in [3.63, 3.8) is 0 Å². The van der Waals surface area contributed by atoms with Crippen molar-refractivity contribution in [2.24, 2.45) is 0 Å². The highest BCUT2D eigenvalue weighted by Crippen LogP contribution is 2.28. The molecule has 0 fully saturated rings. The first-order valence-corrected chi connectivity index (χ1v) is 11.3. The third-order valence-corrected chi connectivity index (χ3v) is 6.05. The van der Waals surface area contributed by atoms with E-state index in [1.54, 1.807) is 30.3 Å². The summed E-state index contributed by atoms with van der Waals surface area (Å²) in [6.45, 7) is 0.356. The van der Waals surface area contributed by atoms with Gasteiger partial charge in [-0.2, -0.15) is 5.26 Å². The molecule has 0 atom stereocenters. The zero-order valence-corrected chi connectivity index (χ0v) is 20.0. The minimum Gasteiger partial charge on any atom is -0.487 e. The summed E-state index contributed by atoms with van der Waals surface area (Å²) in [5, 5.41) is 15.4. The lowest BCUT2D eigenvalue weighted by molar-refractivity contribution is -0.112. The maximum absolute atomic E-state index is 12.5. The first kappa shape index (κ1) is 23.7. The Morgan fingerprint density at radius 1 is 0.882 bits per heavy atom. The largest absolute Gasteiger partial charge is 0.487 e. The topological polar surface area (TPSA) is 62.1 Å². The molecule has 1 amide bonds. The fourth-order valence-electron chi connectivity index (χ4n) is 3.30. The van der Waals surface area contributed by atoms with Crippen LogP contribution < -0.4 is 10.1 Å². The zero-order chi connectivity index (χ0) is 24.1. The summed E-state index contributed by atoms with van der Waals surface area (Å²) in [4.78, 5) is 12.5. The molecule has 0 spiro atoms. The Balaban J connectivity index is 1.45. The predicted molar refractivity (Wildman–Crippen MR) is 138 cm³/mol. The minimum absolute atomic E-state index is 0.0908. The van der Waals surface area contributed by atoms with Crippen molar-refractivity contribution >= 4 is 63.2 Å². The van der Waals surface area contributed by atoms with Gasteiger partial charge in [0, 0.05) is 5.69 Å². The molecular formula is C27H17Cl3N2O2. The molecule has 0 saturated heterocycles. The Morgan fingerprint density at radius 3 is 2.41 bits per heavy atom. The quantitative estimate of drug-likeness (QED) is 0.213. The van der Waals surface area contributed by atoms with Gasteiger partial charge in [0.2, 0.25) is 0 Å². The van der Waals surface area contributed by atoms with Crippen molar-refractivity contribution in [1.29, 1.82) is 5.26 Å². The van der Waals surface area contributed by atoms with Crippen LogP contribution in [0.25, 0.3) is 16.8 Å². The second kappa shape index (κ2) is 10.6. The summed E-state index contributed by atoms with van der Waals surface area (Å²) in [5.74, 6) is -0.0700. The Hall–Kier alpha value is -3.49. The summed E-state index contributed by atoms with van der Waals surface area (Å²) in [5.41, 5.74) is 1.94. The number of amides is 1. The minimum atomic E-state index is -0.575. The van der Waals surface area contributed by atoms with E-state index in [0.29, 0.717) is 38.7 Å².